The third-order valence-electron chi connectivity index (χ3n) is 4.52. The summed E-state index contributed by atoms with van der Waals surface area (Å²) >= 11 is 0. The zero-order chi connectivity index (χ0) is 19.2. The number of amides is 2. The van der Waals surface area contributed by atoms with Crippen molar-refractivity contribution in [3.05, 3.63) is 71.3 Å². The van der Waals surface area contributed by atoms with Gasteiger partial charge in [0.2, 0.25) is 5.91 Å². The summed E-state index contributed by atoms with van der Waals surface area (Å²) in [6.45, 7) is 2.82. The van der Waals surface area contributed by atoms with Crippen LogP contribution in [0.4, 0.5) is 8.78 Å². The van der Waals surface area contributed by atoms with Crippen molar-refractivity contribution in [2.24, 2.45) is 0 Å². The maximum absolute atomic E-state index is 13.0. The molecular formula is C20H21F2N3O2. The van der Waals surface area contributed by atoms with Crippen LogP contribution in [0.5, 0.6) is 0 Å². The molecule has 2 amide bonds. The van der Waals surface area contributed by atoms with Crippen LogP contribution in [0.2, 0.25) is 0 Å². The minimum Gasteiger partial charge on any atom is -0.351 e. The van der Waals surface area contributed by atoms with E-state index in [-0.39, 0.29) is 30.0 Å². The van der Waals surface area contributed by atoms with Crippen molar-refractivity contribution in [3.63, 3.8) is 0 Å². The number of nitrogens with one attached hydrogen (secondary N) is 1. The van der Waals surface area contributed by atoms with Gasteiger partial charge in [0.05, 0.1) is 6.54 Å². The predicted octanol–water partition coefficient (Wildman–Crippen LogP) is 2.04. The van der Waals surface area contributed by atoms with Crippen molar-refractivity contribution in [1.29, 1.82) is 0 Å². The first kappa shape index (κ1) is 19.0. The minimum absolute atomic E-state index is 0.113. The maximum Gasteiger partial charge on any atom is 0.253 e. The SMILES string of the molecule is O=C(CN1CCN(C(=O)c2ccc(F)cc2)CC1)NCc1ccc(F)cc1. The summed E-state index contributed by atoms with van der Waals surface area (Å²) in [4.78, 5) is 28.2. The van der Waals surface area contributed by atoms with Gasteiger partial charge < -0.3 is 10.2 Å². The molecule has 5 nitrogen and oxygen atoms in total. The molecule has 0 spiro atoms. The van der Waals surface area contributed by atoms with Crippen molar-refractivity contribution >= 4 is 11.8 Å². The first-order valence-corrected chi connectivity index (χ1v) is 8.79. The van der Waals surface area contributed by atoms with E-state index in [1.54, 1.807) is 17.0 Å². The van der Waals surface area contributed by atoms with E-state index < -0.39 is 0 Å². The van der Waals surface area contributed by atoms with Crippen LogP contribution in [-0.2, 0) is 11.3 Å². The number of carbonyl (C=O) groups excluding carboxylic acids is 2. The number of hydrogen-bond donors (Lipinski definition) is 1. The number of nitrogens with zero attached hydrogens (tertiary/aromatic N) is 2. The molecule has 2 aromatic carbocycles. The van der Waals surface area contributed by atoms with E-state index in [1.165, 1.54) is 36.4 Å². The van der Waals surface area contributed by atoms with E-state index in [0.717, 1.165) is 5.56 Å². The molecule has 1 heterocycles. The number of rotatable bonds is 5. The van der Waals surface area contributed by atoms with Crippen molar-refractivity contribution < 1.29 is 18.4 Å². The van der Waals surface area contributed by atoms with Gasteiger partial charge in [-0.3, -0.25) is 14.5 Å². The fourth-order valence-corrected chi connectivity index (χ4v) is 2.95. The van der Waals surface area contributed by atoms with Gasteiger partial charge in [0, 0.05) is 38.3 Å². The summed E-state index contributed by atoms with van der Waals surface area (Å²) in [6.07, 6.45) is 0. The Bertz CT molecular complexity index is 786. The molecular weight excluding hydrogens is 352 g/mol. The van der Waals surface area contributed by atoms with Crippen LogP contribution in [0.1, 0.15) is 15.9 Å². The lowest BCUT2D eigenvalue weighted by Crippen LogP contribution is -2.51. The number of carbonyl (C=O) groups is 2. The van der Waals surface area contributed by atoms with E-state index in [4.69, 9.17) is 0 Å². The van der Waals surface area contributed by atoms with Crippen molar-refractivity contribution in [2.75, 3.05) is 32.7 Å². The van der Waals surface area contributed by atoms with E-state index in [2.05, 4.69) is 5.32 Å². The van der Waals surface area contributed by atoms with Gasteiger partial charge in [0.15, 0.2) is 0 Å². The highest BCUT2D eigenvalue weighted by molar-refractivity contribution is 5.94. The Morgan fingerprint density at radius 3 is 2.00 bits per heavy atom. The summed E-state index contributed by atoms with van der Waals surface area (Å²) in [5, 5.41) is 2.81. The van der Waals surface area contributed by atoms with E-state index in [1.807, 2.05) is 4.90 Å². The third kappa shape index (κ3) is 5.34. The molecule has 1 aliphatic rings. The van der Waals surface area contributed by atoms with Crippen LogP contribution in [0.25, 0.3) is 0 Å². The smallest absolute Gasteiger partial charge is 0.253 e. The molecule has 142 valence electrons. The summed E-state index contributed by atoms with van der Waals surface area (Å²) in [7, 11) is 0. The molecule has 27 heavy (non-hydrogen) atoms. The molecule has 0 aliphatic carbocycles. The Hall–Kier alpha value is -2.80. The normalized spacial score (nSPS) is 14.8. The average molecular weight is 373 g/mol. The fourth-order valence-electron chi connectivity index (χ4n) is 2.95. The first-order chi connectivity index (χ1) is 13.0. The highest BCUT2D eigenvalue weighted by Gasteiger charge is 2.23. The number of benzene rings is 2. The number of hydrogen-bond acceptors (Lipinski definition) is 3. The summed E-state index contributed by atoms with van der Waals surface area (Å²) in [5.74, 6) is -0.922. The molecule has 0 aromatic heterocycles. The zero-order valence-corrected chi connectivity index (χ0v) is 14.8. The van der Waals surface area contributed by atoms with Gasteiger partial charge >= 0.3 is 0 Å². The Morgan fingerprint density at radius 2 is 1.41 bits per heavy atom. The maximum atomic E-state index is 13.0. The largest absolute Gasteiger partial charge is 0.351 e. The van der Waals surface area contributed by atoms with Crippen LogP contribution < -0.4 is 5.32 Å². The molecule has 0 atom stereocenters. The minimum atomic E-state index is -0.372. The lowest BCUT2D eigenvalue weighted by molar-refractivity contribution is -0.122. The monoisotopic (exact) mass is 373 g/mol. The second-order valence-corrected chi connectivity index (χ2v) is 6.48. The van der Waals surface area contributed by atoms with Gasteiger partial charge in [0.1, 0.15) is 11.6 Å². The predicted molar refractivity (Wildman–Crippen MR) is 97.0 cm³/mol. The Morgan fingerprint density at radius 1 is 0.852 bits per heavy atom. The van der Waals surface area contributed by atoms with Crippen molar-refractivity contribution in [3.8, 4) is 0 Å². The Balaban J connectivity index is 1.42. The van der Waals surface area contributed by atoms with Crippen molar-refractivity contribution in [2.45, 2.75) is 6.54 Å². The molecule has 1 aliphatic heterocycles. The van der Waals surface area contributed by atoms with Gasteiger partial charge in [-0.25, -0.2) is 8.78 Å². The van der Waals surface area contributed by atoms with Gasteiger partial charge in [-0.05, 0) is 42.0 Å². The molecule has 0 saturated carbocycles. The molecule has 0 unspecified atom stereocenters. The van der Waals surface area contributed by atoms with E-state index in [0.29, 0.717) is 38.3 Å². The molecule has 3 rings (SSSR count). The highest BCUT2D eigenvalue weighted by atomic mass is 19.1. The lowest BCUT2D eigenvalue weighted by atomic mass is 10.2. The topological polar surface area (TPSA) is 52.7 Å². The van der Waals surface area contributed by atoms with Crippen molar-refractivity contribution in [1.82, 2.24) is 15.1 Å². The van der Waals surface area contributed by atoms with Gasteiger partial charge in [-0.15, -0.1) is 0 Å². The molecule has 2 aromatic rings. The molecule has 0 radical (unpaired) electrons. The fraction of sp³-hybridized carbons (Fsp3) is 0.300. The highest BCUT2D eigenvalue weighted by Crippen LogP contribution is 2.10. The second-order valence-electron chi connectivity index (χ2n) is 6.48. The molecule has 1 N–H and O–H groups in total. The average Bonchev–Trinajstić information content (AvgIpc) is 2.68. The Kier molecular flexibility index (Phi) is 6.13. The van der Waals surface area contributed by atoms with Crippen LogP contribution in [0.3, 0.4) is 0 Å². The van der Waals surface area contributed by atoms with Crippen LogP contribution in [0, 0.1) is 11.6 Å². The number of piperazine rings is 1. The quantitative estimate of drug-likeness (QED) is 0.873. The second kappa shape index (κ2) is 8.73. The Labute approximate surface area is 156 Å². The van der Waals surface area contributed by atoms with Crippen LogP contribution >= 0.6 is 0 Å². The standard InChI is InChI=1S/C20H21F2N3O2/c21-17-5-1-15(2-6-17)13-23-19(26)14-24-9-11-25(12-10-24)20(27)16-3-7-18(22)8-4-16/h1-8H,9-14H2,(H,23,26). The number of halogens is 2. The molecule has 0 bridgehead atoms. The van der Waals surface area contributed by atoms with Crippen LogP contribution in [0.15, 0.2) is 48.5 Å². The summed E-state index contributed by atoms with van der Waals surface area (Å²) < 4.78 is 25.8. The lowest BCUT2D eigenvalue weighted by Gasteiger charge is -2.34. The zero-order valence-electron chi connectivity index (χ0n) is 14.8. The molecule has 7 heteroatoms. The molecule has 1 fully saturated rings. The first-order valence-electron chi connectivity index (χ1n) is 8.79. The van der Waals surface area contributed by atoms with E-state index in [9.17, 15) is 18.4 Å². The molecule has 1 saturated heterocycles. The van der Waals surface area contributed by atoms with Gasteiger partial charge in [0.25, 0.3) is 5.91 Å². The summed E-state index contributed by atoms with van der Waals surface area (Å²) in [5.41, 5.74) is 1.29. The van der Waals surface area contributed by atoms with Crippen LogP contribution in [-0.4, -0.2) is 54.3 Å². The third-order valence-corrected chi connectivity index (χ3v) is 4.52. The van der Waals surface area contributed by atoms with E-state index >= 15 is 0 Å². The van der Waals surface area contributed by atoms with Gasteiger partial charge in [-0.2, -0.15) is 0 Å². The van der Waals surface area contributed by atoms with Gasteiger partial charge in [-0.1, -0.05) is 12.1 Å². The summed E-state index contributed by atoms with van der Waals surface area (Å²) in [6, 6.07) is 11.5.